The van der Waals surface area contributed by atoms with E-state index in [0.717, 1.165) is 22.8 Å². The molecule has 0 aliphatic heterocycles. The third-order valence-electron chi connectivity index (χ3n) is 6.90. The van der Waals surface area contributed by atoms with E-state index in [0.29, 0.717) is 33.7 Å². The minimum Gasteiger partial charge on any atom is -0.493 e. The molecule has 5 aromatic rings. The molecule has 1 N–H and O–H groups in total. The van der Waals surface area contributed by atoms with Crippen LogP contribution in [0.4, 0.5) is 14.5 Å². The van der Waals surface area contributed by atoms with Crippen molar-refractivity contribution in [3.8, 4) is 34.8 Å². The maximum atomic E-state index is 15.2. The number of nitrogens with one attached hydrogen (secondary N) is 1. The smallest absolute Gasteiger partial charge is 0.269 e. The molecular formula is C33H26F2N4O5. The zero-order valence-electron chi connectivity index (χ0n) is 24.1. The lowest BCUT2D eigenvalue weighted by Gasteiger charge is -2.17. The summed E-state index contributed by atoms with van der Waals surface area (Å²) in [6.45, 7) is 3.62. The van der Waals surface area contributed by atoms with Gasteiger partial charge in [0.25, 0.3) is 11.5 Å². The predicted octanol–water partition coefficient (Wildman–Crippen LogP) is 6.72. The van der Waals surface area contributed by atoms with E-state index >= 15 is 4.39 Å². The van der Waals surface area contributed by atoms with E-state index in [-0.39, 0.29) is 34.3 Å². The van der Waals surface area contributed by atoms with Crippen LogP contribution in [0.25, 0.3) is 16.6 Å². The summed E-state index contributed by atoms with van der Waals surface area (Å²) in [5.74, 6) is -1.24. The first-order valence-electron chi connectivity index (χ1n) is 13.4. The lowest BCUT2D eigenvalue weighted by atomic mass is 9.98. The lowest BCUT2D eigenvalue weighted by molar-refractivity contribution is 0.102. The van der Waals surface area contributed by atoms with Crippen molar-refractivity contribution >= 4 is 22.5 Å². The Balaban J connectivity index is 1.47. The molecule has 44 heavy (non-hydrogen) atoms. The molecule has 2 heterocycles. The van der Waals surface area contributed by atoms with Gasteiger partial charge in [-0.1, -0.05) is 13.8 Å². The summed E-state index contributed by atoms with van der Waals surface area (Å²) in [6.07, 6.45) is 1.51. The fourth-order valence-electron chi connectivity index (χ4n) is 4.71. The van der Waals surface area contributed by atoms with Crippen molar-refractivity contribution in [1.82, 2.24) is 9.55 Å². The summed E-state index contributed by atoms with van der Waals surface area (Å²) in [4.78, 5) is 31.2. The summed E-state index contributed by atoms with van der Waals surface area (Å²) < 4.78 is 46.5. The normalized spacial score (nSPS) is 10.9. The molecule has 222 valence electrons. The van der Waals surface area contributed by atoms with Crippen molar-refractivity contribution in [2.75, 3.05) is 19.5 Å². The summed E-state index contributed by atoms with van der Waals surface area (Å²) in [5, 5.41) is 13.0. The molecule has 0 aliphatic rings. The van der Waals surface area contributed by atoms with Gasteiger partial charge in [-0.05, 0) is 66.1 Å². The Labute approximate surface area is 250 Å². The number of nitrogens with zero attached hydrogens (tertiary/aromatic N) is 3. The van der Waals surface area contributed by atoms with Crippen LogP contribution in [0.1, 0.15) is 41.4 Å². The van der Waals surface area contributed by atoms with Crippen LogP contribution in [0.5, 0.6) is 23.0 Å². The molecule has 0 spiro atoms. The van der Waals surface area contributed by atoms with Gasteiger partial charge in [-0.3, -0.25) is 19.1 Å². The number of rotatable bonds is 8. The van der Waals surface area contributed by atoms with Crippen molar-refractivity contribution in [3.63, 3.8) is 0 Å². The average Bonchev–Trinajstić information content (AvgIpc) is 3.01. The Bertz CT molecular complexity index is 2000. The molecule has 0 atom stereocenters. The monoisotopic (exact) mass is 596 g/mol. The van der Waals surface area contributed by atoms with Crippen LogP contribution in [0.15, 0.2) is 77.7 Å². The van der Waals surface area contributed by atoms with Gasteiger partial charge in [0.1, 0.15) is 28.9 Å². The number of halogens is 2. The maximum Gasteiger partial charge on any atom is 0.269 e. The van der Waals surface area contributed by atoms with Crippen LogP contribution in [-0.4, -0.2) is 29.7 Å². The molecular weight excluding hydrogens is 570 g/mol. The van der Waals surface area contributed by atoms with E-state index in [4.69, 9.17) is 14.2 Å². The van der Waals surface area contributed by atoms with Crippen molar-refractivity contribution in [2.24, 2.45) is 0 Å². The van der Waals surface area contributed by atoms with E-state index in [1.54, 1.807) is 18.2 Å². The van der Waals surface area contributed by atoms with Gasteiger partial charge < -0.3 is 19.5 Å². The molecule has 0 saturated heterocycles. The molecule has 9 nitrogen and oxygen atoms in total. The van der Waals surface area contributed by atoms with Gasteiger partial charge in [0, 0.05) is 29.4 Å². The highest BCUT2D eigenvalue weighted by atomic mass is 19.1. The largest absolute Gasteiger partial charge is 0.493 e. The van der Waals surface area contributed by atoms with Gasteiger partial charge in [-0.2, -0.15) is 5.26 Å². The Morgan fingerprint density at radius 1 is 0.932 bits per heavy atom. The molecule has 5 rings (SSSR count). The number of anilines is 1. The number of pyridine rings is 2. The number of carbonyl (C=O) groups is 1. The third-order valence-corrected chi connectivity index (χ3v) is 6.90. The number of hydrogen-bond acceptors (Lipinski definition) is 7. The number of hydrogen-bond donors (Lipinski definition) is 1. The Hall–Kier alpha value is -5.76. The SMILES string of the molecule is COc1cc2nccc(Oc3ccc(NC(=O)c4cc(C(C)C)c(C#N)n(-c5ccc(F)cc5)c4=O)cc3F)c2cc1OC. The summed E-state index contributed by atoms with van der Waals surface area (Å²) >= 11 is 0. The van der Waals surface area contributed by atoms with Gasteiger partial charge in [0.2, 0.25) is 0 Å². The molecule has 0 unspecified atom stereocenters. The van der Waals surface area contributed by atoms with Crippen LogP contribution in [0, 0.1) is 23.0 Å². The van der Waals surface area contributed by atoms with Gasteiger partial charge in [-0.25, -0.2) is 8.78 Å². The van der Waals surface area contributed by atoms with E-state index in [1.807, 2.05) is 19.9 Å². The average molecular weight is 597 g/mol. The standard InChI is InChI=1S/C33H26F2N4O5/c1-18(2)22-14-24(33(41)39(27(22)17-36)21-8-5-19(34)6-9-21)32(40)38-20-7-10-29(25(35)13-20)44-28-11-12-37-26-16-31(43-4)30(42-3)15-23(26)28/h5-16,18H,1-4H3,(H,38,40). The molecule has 0 bridgehead atoms. The van der Waals surface area contributed by atoms with Crippen LogP contribution in [-0.2, 0) is 0 Å². The zero-order valence-corrected chi connectivity index (χ0v) is 24.1. The molecule has 0 saturated carbocycles. The van der Waals surface area contributed by atoms with Gasteiger partial charge >= 0.3 is 0 Å². The fraction of sp³-hybridized carbons (Fsp3) is 0.152. The number of methoxy groups -OCH3 is 2. The van der Waals surface area contributed by atoms with Crippen LogP contribution in [0.3, 0.4) is 0 Å². The predicted molar refractivity (Wildman–Crippen MR) is 160 cm³/mol. The second kappa shape index (κ2) is 12.2. The van der Waals surface area contributed by atoms with Crippen molar-refractivity contribution in [3.05, 3.63) is 112 Å². The Morgan fingerprint density at radius 3 is 2.27 bits per heavy atom. The highest BCUT2D eigenvalue weighted by Crippen LogP contribution is 2.37. The number of carbonyl (C=O) groups excluding carboxylic acids is 1. The minimum absolute atomic E-state index is 0.0282. The van der Waals surface area contributed by atoms with Crippen molar-refractivity contribution in [2.45, 2.75) is 19.8 Å². The Kier molecular flexibility index (Phi) is 8.26. The zero-order chi connectivity index (χ0) is 31.5. The molecule has 1 amide bonds. The van der Waals surface area contributed by atoms with E-state index in [1.165, 1.54) is 50.7 Å². The molecule has 0 fully saturated rings. The van der Waals surface area contributed by atoms with E-state index < -0.39 is 23.1 Å². The highest BCUT2D eigenvalue weighted by Gasteiger charge is 2.23. The van der Waals surface area contributed by atoms with Crippen molar-refractivity contribution < 1.29 is 27.8 Å². The molecule has 11 heteroatoms. The second-order valence-corrected chi connectivity index (χ2v) is 9.98. The minimum atomic E-state index is -0.813. The maximum absolute atomic E-state index is 15.2. The number of ether oxygens (including phenoxy) is 3. The van der Waals surface area contributed by atoms with Gasteiger partial charge in [-0.15, -0.1) is 0 Å². The first-order chi connectivity index (χ1) is 21.1. The van der Waals surface area contributed by atoms with E-state index in [2.05, 4.69) is 10.3 Å². The lowest BCUT2D eigenvalue weighted by Crippen LogP contribution is -2.31. The molecule has 0 aliphatic carbocycles. The first-order valence-corrected chi connectivity index (χ1v) is 13.4. The molecule has 0 radical (unpaired) electrons. The molecule has 2 aromatic heterocycles. The number of fused-ring (bicyclic) bond motifs is 1. The summed E-state index contributed by atoms with van der Waals surface area (Å²) in [6, 6.07) is 17.1. The topological polar surface area (TPSA) is 115 Å². The summed E-state index contributed by atoms with van der Waals surface area (Å²) in [5.41, 5.74) is 0.234. The number of nitriles is 1. The summed E-state index contributed by atoms with van der Waals surface area (Å²) in [7, 11) is 3.00. The molecule has 3 aromatic carbocycles. The fourth-order valence-corrected chi connectivity index (χ4v) is 4.71. The Morgan fingerprint density at radius 2 is 1.64 bits per heavy atom. The highest BCUT2D eigenvalue weighted by molar-refractivity contribution is 6.04. The number of benzene rings is 3. The van der Waals surface area contributed by atoms with Crippen LogP contribution in [0.2, 0.25) is 0 Å². The van der Waals surface area contributed by atoms with Crippen molar-refractivity contribution in [1.29, 1.82) is 5.26 Å². The number of amides is 1. The van der Waals surface area contributed by atoms with E-state index in [9.17, 15) is 19.2 Å². The third kappa shape index (κ3) is 5.65. The quantitative estimate of drug-likeness (QED) is 0.211. The van der Waals surface area contributed by atoms with Crippen LogP contribution >= 0.6 is 0 Å². The first kappa shape index (κ1) is 29.7. The second-order valence-electron chi connectivity index (χ2n) is 9.98. The van der Waals surface area contributed by atoms with Crippen LogP contribution < -0.4 is 25.1 Å². The van der Waals surface area contributed by atoms with Gasteiger partial charge in [0.05, 0.1) is 25.4 Å². The number of aromatic nitrogens is 2. The van der Waals surface area contributed by atoms with Gasteiger partial charge in [0.15, 0.2) is 23.1 Å².